The fourth-order valence-electron chi connectivity index (χ4n) is 3.22. The second-order valence-electron chi connectivity index (χ2n) is 7.34. The molecule has 0 atom stereocenters. The molecule has 9 heteroatoms. The van der Waals surface area contributed by atoms with Crippen LogP contribution >= 0.6 is 0 Å². The number of amides is 1. The third kappa shape index (κ3) is 6.03. The molecular weight excluding hydrogens is 432 g/mol. The van der Waals surface area contributed by atoms with Gasteiger partial charge in [0.15, 0.2) is 6.61 Å². The molecule has 1 heterocycles. The van der Waals surface area contributed by atoms with Crippen LogP contribution in [-0.4, -0.2) is 57.5 Å². The predicted octanol–water partition coefficient (Wildman–Crippen LogP) is 2.52. The maximum atomic E-state index is 12.6. The van der Waals surface area contributed by atoms with Gasteiger partial charge in [-0.2, -0.15) is 4.31 Å². The molecule has 1 aliphatic heterocycles. The average Bonchev–Trinajstić information content (AvgIpc) is 2.79. The second-order valence-corrected chi connectivity index (χ2v) is 9.28. The Labute approximate surface area is 187 Å². The lowest BCUT2D eigenvalue weighted by molar-refractivity contribution is -0.142. The number of carbonyl (C=O) groups is 2. The van der Waals surface area contributed by atoms with Gasteiger partial charge in [-0.15, -0.1) is 0 Å². The number of ether oxygens (including phenoxy) is 2. The highest BCUT2D eigenvalue weighted by atomic mass is 32.2. The van der Waals surface area contributed by atoms with Crippen LogP contribution in [0.3, 0.4) is 0 Å². The van der Waals surface area contributed by atoms with E-state index in [1.54, 1.807) is 12.1 Å². The van der Waals surface area contributed by atoms with Crippen LogP contribution in [0.5, 0.6) is 0 Å². The van der Waals surface area contributed by atoms with Crippen molar-refractivity contribution >= 4 is 33.7 Å². The highest BCUT2D eigenvalue weighted by molar-refractivity contribution is 7.89. The summed E-state index contributed by atoms with van der Waals surface area (Å²) >= 11 is 0. The third-order valence-electron chi connectivity index (χ3n) is 4.99. The number of nitrogens with zero attached hydrogens (tertiary/aromatic N) is 1. The van der Waals surface area contributed by atoms with E-state index in [0.29, 0.717) is 37.6 Å². The lowest BCUT2D eigenvalue weighted by Gasteiger charge is -2.26. The SMILES string of the molecule is Cc1cccc(C)c1NC(=O)COC(=O)/C=C/c1ccc(S(=O)(=O)N2CCOCC2)cc1. The number of carbonyl (C=O) groups excluding carboxylic acids is 2. The Bertz CT molecular complexity index is 1080. The maximum Gasteiger partial charge on any atom is 0.331 e. The molecule has 3 rings (SSSR count). The number of para-hydroxylation sites is 1. The van der Waals surface area contributed by atoms with Crippen LogP contribution in [0.15, 0.2) is 53.4 Å². The number of hydrogen-bond acceptors (Lipinski definition) is 6. The third-order valence-corrected chi connectivity index (χ3v) is 6.90. The normalized spacial score (nSPS) is 14.9. The van der Waals surface area contributed by atoms with E-state index in [1.165, 1.54) is 28.6 Å². The molecule has 0 aliphatic carbocycles. The van der Waals surface area contributed by atoms with Gasteiger partial charge in [0.05, 0.1) is 18.1 Å². The number of sulfonamides is 1. The number of anilines is 1. The van der Waals surface area contributed by atoms with Crippen molar-refractivity contribution in [2.24, 2.45) is 0 Å². The van der Waals surface area contributed by atoms with Crippen molar-refractivity contribution in [3.8, 4) is 0 Å². The molecule has 32 heavy (non-hydrogen) atoms. The molecule has 1 N–H and O–H groups in total. The largest absolute Gasteiger partial charge is 0.452 e. The Morgan fingerprint density at radius 3 is 2.31 bits per heavy atom. The zero-order valence-corrected chi connectivity index (χ0v) is 18.9. The zero-order chi connectivity index (χ0) is 23.1. The summed E-state index contributed by atoms with van der Waals surface area (Å²) in [5.74, 6) is -1.10. The number of rotatable bonds is 7. The van der Waals surface area contributed by atoms with Gasteiger partial charge in [0.25, 0.3) is 5.91 Å². The van der Waals surface area contributed by atoms with E-state index in [1.807, 2.05) is 32.0 Å². The zero-order valence-electron chi connectivity index (χ0n) is 18.0. The second kappa shape index (κ2) is 10.5. The van der Waals surface area contributed by atoms with Crippen molar-refractivity contribution in [2.75, 3.05) is 38.2 Å². The first kappa shape index (κ1) is 23.6. The van der Waals surface area contributed by atoms with Gasteiger partial charge in [-0.1, -0.05) is 30.3 Å². The summed E-state index contributed by atoms with van der Waals surface area (Å²) < 4.78 is 36.8. The van der Waals surface area contributed by atoms with Crippen LogP contribution in [0, 0.1) is 13.8 Å². The molecule has 1 saturated heterocycles. The summed E-state index contributed by atoms with van der Waals surface area (Å²) in [6.45, 7) is 4.77. The van der Waals surface area contributed by atoms with Gasteiger partial charge in [-0.25, -0.2) is 13.2 Å². The van der Waals surface area contributed by atoms with Crippen LogP contribution in [-0.2, 0) is 29.1 Å². The Morgan fingerprint density at radius 2 is 1.69 bits per heavy atom. The maximum absolute atomic E-state index is 12.6. The topological polar surface area (TPSA) is 102 Å². The lowest BCUT2D eigenvalue weighted by Crippen LogP contribution is -2.40. The van der Waals surface area contributed by atoms with Crippen molar-refractivity contribution in [3.63, 3.8) is 0 Å². The minimum Gasteiger partial charge on any atom is -0.452 e. The van der Waals surface area contributed by atoms with Crippen molar-refractivity contribution < 1.29 is 27.5 Å². The smallest absolute Gasteiger partial charge is 0.331 e. The molecular formula is C23H26N2O6S. The van der Waals surface area contributed by atoms with E-state index < -0.39 is 28.5 Å². The number of nitrogens with one attached hydrogen (secondary N) is 1. The van der Waals surface area contributed by atoms with Gasteiger partial charge >= 0.3 is 5.97 Å². The quantitative estimate of drug-likeness (QED) is 0.505. The highest BCUT2D eigenvalue weighted by Gasteiger charge is 2.25. The fourth-order valence-corrected chi connectivity index (χ4v) is 4.63. The fraction of sp³-hybridized carbons (Fsp3) is 0.304. The van der Waals surface area contributed by atoms with Crippen molar-refractivity contribution in [1.82, 2.24) is 4.31 Å². The molecule has 1 amide bonds. The monoisotopic (exact) mass is 458 g/mol. The first-order valence-corrected chi connectivity index (χ1v) is 11.6. The standard InChI is InChI=1S/C23H26N2O6S/c1-17-4-3-5-18(2)23(17)24-21(26)16-31-22(27)11-8-19-6-9-20(10-7-19)32(28,29)25-12-14-30-15-13-25/h3-11H,12-16H2,1-2H3,(H,24,26)/b11-8+. The summed E-state index contributed by atoms with van der Waals surface area (Å²) in [6, 6.07) is 11.9. The summed E-state index contributed by atoms with van der Waals surface area (Å²) in [5.41, 5.74) is 3.17. The van der Waals surface area contributed by atoms with Crippen molar-refractivity contribution in [2.45, 2.75) is 18.7 Å². The highest BCUT2D eigenvalue weighted by Crippen LogP contribution is 2.20. The van der Waals surface area contributed by atoms with E-state index in [-0.39, 0.29) is 4.90 Å². The number of hydrogen-bond donors (Lipinski definition) is 1. The molecule has 0 spiro atoms. The van der Waals surface area contributed by atoms with Gasteiger partial charge in [0.1, 0.15) is 0 Å². The summed E-state index contributed by atoms with van der Waals surface area (Å²) in [5, 5.41) is 2.75. The van der Waals surface area contributed by atoms with Gasteiger partial charge < -0.3 is 14.8 Å². The van der Waals surface area contributed by atoms with Gasteiger partial charge in [0, 0.05) is 24.9 Å². The van der Waals surface area contributed by atoms with E-state index >= 15 is 0 Å². The first-order valence-electron chi connectivity index (χ1n) is 10.2. The molecule has 1 aliphatic rings. The van der Waals surface area contributed by atoms with Crippen molar-refractivity contribution in [1.29, 1.82) is 0 Å². The summed E-state index contributed by atoms with van der Waals surface area (Å²) in [4.78, 5) is 24.2. The van der Waals surface area contributed by atoms with Gasteiger partial charge in [-0.3, -0.25) is 4.79 Å². The summed E-state index contributed by atoms with van der Waals surface area (Å²) in [6.07, 6.45) is 2.69. The van der Waals surface area contributed by atoms with Crippen LogP contribution in [0.25, 0.3) is 6.08 Å². The van der Waals surface area contributed by atoms with E-state index in [9.17, 15) is 18.0 Å². The molecule has 2 aromatic rings. The van der Waals surface area contributed by atoms with Crippen LogP contribution < -0.4 is 5.32 Å². The van der Waals surface area contributed by atoms with Gasteiger partial charge in [-0.05, 0) is 48.7 Å². The number of esters is 1. The van der Waals surface area contributed by atoms with E-state index in [2.05, 4.69) is 5.32 Å². The first-order chi connectivity index (χ1) is 15.3. The molecule has 0 radical (unpaired) electrons. The Hall–Kier alpha value is -3.01. The molecule has 0 unspecified atom stereocenters. The average molecular weight is 459 g/mol. The van der Waals surface area contributed by atoms with Crippen LogP contribution in [0.2, 0.25) is 0 Å². The molecule has 0 bridgehead atoms. The van der Waals surface area contributed by atoms with Crippen LogP contribution in [0.1, 0.15) is 16.7 Å². The molecule has 1 fully saturated rings. The molecule has 0 aromatic heterocycles. The molecule has 0 saturated carbocycles. The number of aryl methyl sites for hydroxylation is 2. The predicted molar refractivity (Wildman–Crippen MR) is 121 cm³/mol. The minimum absolute atomic E-state index is 0.183. The van der Waals surface area contributed by atoms with E-state index in [4.69, 9.17) is 9.47 Å². The number of morpholine rings is 1. The van der Waals surface area contributed by atoms with Crippen molar-refractivity contribution in [3.05, 3.63) is 65.2 Å². The Balaban J connectivity index is 1.52. The Kier molecular flexibility index (Phi) is 7.79. The van der Waals surface area contributed by atoms with Crippen LogP contribution in [0.4, 0.5) is 5.69 Å². The van der Waals surface area contributed by atoms with E-state index in [0.717, 1.165) is 11.1 Å². The lowest BCUT2D eigenvalue weighted by atomic mass is 10.1. The summed E-state index contributed by atoms with van der Waals surface area (Å²) in [7, 11) is -3.57. The molecule has 170 valence electrons. The molecule has 2 aromatic carbocycles. The Morgan fingerprint density at radius 1 is 1.06 bits per heavy atom. The van der Waals surface area contributed by atoms with Gasteiger partial charge in [0.2, 0.25) is 10.0 Å². The molecule has 8 nitrogen and oxygen atoms in total. The minimum atomic E-state index is -3.57. The number of benzene rings is 2.